The number of aromatic nitrogens is 1. The molecule has 104 valence electrons. The molecule has 0 aliphatic carbocycles. The number of hydrogen-bond donors (Lipinski definition) is 2. The molecule has 0 bridgehead atoms. The average molecular weight is 282 g/mol. The lowest BCUT2D eigenvalue weighted by Gasteiger charge is -2.14. The molecule has 0 aliphatic heterocycles. The summed E-state index contributed by atoms with van der Waals surface area (Å²) in [5.74, 6) is -0.721. The second-order valence-corrected chi connectivity index (χ2v) is 5.22. The summed E-state index contributed by atoms with van der Waals surface area (Å²) >= 11 is 1.55. The lowest BCUT2D eigenvalue weighted by molar-refractivity contribution is -0.139. The molecule has 0 radical (unpaired) electrons. The number of pyridine rings is 1. The quantitative estimate of drug-likeness (QED) is 0.829. The molecule has 0 saturated carbocycles. The Morgan fingerprint density at radius 2 is 2.11 bits per heavy atom. The molecule has 0 spiro atoms. The van der Waals surface area contributed by atoms with Crippen LogP contribution in [0.1, 0.15) is 28.2 Å². The molecular formula is C13H18N2O3S. The molecule has 1 aromatic rings. The van der Waals surface area contributed by atoms with Crippen LogP contribution in [0.25, 0.3) is 0 Å². The van der Waals surface area contributed by atoms with Crippen LogP contribution in [-0.2, 0) is 4.79 Å². The monoisotopic (exact) mass is 282 g/mol. The third-order valence-electron chi connectivity index (χ3n) is 2.68. The van der Waals surface area contributed by atoms with E-state index in [4.69, 9.17) is 5.11 Å². The predicted octanol–water partition coefficient (Wildman–Crippen LogP) is 1.63. The van der Waals surface area contributed by atoms with Crippen molar-refractivity contribution in [2.75, 3.05) is 12.0 Å². The van der Waals surface area contributed by atoms with E-state index in [2.05, 4.69) is 10.3 Å². The molecule has 0 aliphatic rings. The van der Waals surface area contributed by atoms with Gasteiger partial charge >= 0.3 is 5.97 Å². The number of carbonyl (C=O) groups excluding carboxylic acids is 1. The van der Waals surface area contributed by atoms with E-state index in [-0.39, 0.29) is 0 Å². The van der Waals surface area contributed by atoms with Crippen molar-refractivity contribution in [3.63, 3.8) is 0 Å². The number of carboxylic acid groups (broad SMARTS) is 1. The molecule has 1 atom stereocenters. The van der Waals surface area contributed by atoms with Gasteiger partial charge in [-0.25, -0.2) is 4.79 Å². The van der Waals surface area contributed by atoms with Crippen LogP contribution in [0.15, 0.2) is 12.1 Å². The van der Waals surface area contributed by atoms with Crippen LogP contribution >= 0.6 is 11.8 Å². The number of rotatable bonds is 6. The summed E-state index contributed by atoms with van der Waals surface area (Å²) in [4.78, 5) is 27.3. The Bertz CT molecular complexity index is 477. The maximum Gasteiger partial charge on any atom is 0.326 e. The van der Waals surface area contributed by atoms with Crippen molar-refractivity contribution in [3.05, 3.63) is 29.1 Å². The minimum absolute atomic E-state index is 0.390. The van der Waals surface area contributed by atoms with Gasteiger partial charge in [-0.2, -0.15) is 11.8 Å². The van der Waals surface area contributed by atoms with Crippen LogP contribution in [0.3, 0.4) is 0 Å². The Morgan fingerprint density at radius 1 is 1.42 bits per heavy atom. The van der Waals surface area contributed by atoms with Gasteiger partial charge in [-0.3, -0.25) is 9.78 Å². The summed E-state index contributed by atoms with van der Waals surface area (Å²) < 4.78 is 0. The maximum absolute atomic E-state index is 12.0. The molecule has 1 unspecified atom stereocenters. The highest BCUT2D eigenvalue weighted by Crippen LogP contribution is 2.08. The van der Waals surface area contributed by atoms with Crippen molar-refractivity contribution in [1.29, 1.82) is 0 Å². The Morgan fingerprint density at radius 3 is 2.63 bits per heavy atom. The summed E-state index contributed by atoms with van der Waals surface area (Å²) in [6.07, 6.45) is 2.30. The summed E-state index contributed by atoms with van der Waals surface area (Å²) in [7, 11) is 0. The first-order chi connectivity index (χ1) is 8.95. The first-order valence-corrected chi connectivity index (χ1v) is 7.32. The number of aryl methyl sites for hydroxylation is 2. The molecule has 1 amide bonds. The zero-order chi connectivity index (χ0) is 14.4. The smallest absolute Gasteiger partial charge is 0.326 e. The van der Waals surface area contributed by atoms with Gasteiger partial charge in [0.2, 0.25) is 0 Å². The van der Waals surface area contributed by atoms with E-state index in [0.717, 1.165) is 5.69 Å². The van der Waals surface area contributed by atoms with E-state index < -0.39 is 17.9 Å². The number of amides is 1. The molecule has 1 rings (SSSR count). The minimum atomic E-state index is -1.01. The van der Waals surface area contributed by atoms with Gasteiger partial charge < -0.3 is 10.4 Å². The van der Waals surface area contributed by atoms with Crippen molar-refractivity contribution in [2.24, 2.45) is 0 Å². The molecule has 19 heavy (non-hydrogen) atoms. The maximum atomic E-state index is 12.0. The number of carboxylic acids is 1. The van der Waals surface area contributed by atoms with E-state index >= 15 is 0 Å². The highest BCUT2D eigenvalue weighted by atomic mass is 32.2. The lowest BCUT2D eigenvalue weighted by atomic mass is 10.1. The van der Waals surface area contributed by atoms with Crippen molar-refractivity contribution < 1.29 is 14.7 Å². The Kier molecular flexibility index (Phi) is 5.82. The van der Waals surface area contributed by atoms with E-state index in [1.807, 2.05) is 13.2 Å². The minimum Gasteiger partial charge on any atom is -0.480 e. The largest absolute Gasteiger partial charge is 0.480 e. The van der Waals surface area contributed by atoms with Gasteiger partial charge in [0.05, 0.1) is 11.3 Å². The standard InChI is InChI=1S/C13H18N2O3S/c1-8-4-5-10(9(2)14-8)12(16)15-11(13(17)18)6-7-19-3/h4-5,11H,6-7H2,1-3H3,(H,15,16)(H,17,18). The number of nitrogens with one attached hydrogen (secondary N) is 1. The van der Waals surface area contributed by atoms with Crippen molar-refractivity contribution in [3.8, 4) is 0 Å². The highest BCUT2D eigenvalue weighted by Gasteiger charge is 2.21. The van der Waals surface area contributed by atoms with Crippen LogP contribution in [-0.4, -0.2) is 40.0 Å². The number of carbonyl (C=O) groups is 2. The van der Waals surface area contributed by atoms with Crippen molar-refractivity contribution in [2.45, 2.75) is 26.3 Å². The molecule has 1 aromatic heterocycles. The third-order valence-corrected chi connectivity index (χ3v) is 3.33. The SMILES string of the molecule is CSCCC(NC(=O)c1ccc(C)nc1C)C(=O)O. The Labute approximate surface area is 116 Å². The second-order valence-electron chi connectivity index (χ2n) is 4.23. The number of aliphatic carboxylic acids is 1. The first kappa shape index (κ1) is 15.5. The molecule has 0 aromatic carbocycles. The molecule has 1 heterocycles. The molecule has 0 fully saturated rings. The van der Waals surface area contributed by atoms with Gasteiger partial charge in [0, 0.05) is 5.69 Å². The van der Waals surface area contributed by atoms with Gasteiger partial charge in [-0.05, 0) is 44.4 Å². The van der Waals surface area contributed by atoms with Crippen LogP contribution in [0.2, 0.25) is 0 Å². The second kappa shape index (κ2) is 7.13. The summed E-state index contributed by atoms with van der Waals surface area (Å²) in [6, 6.07) is 2.54. The van der Waals surface area contributed by atoms with Crippen LogP contribution in [0.4, 0.5) is 0 Å². The lowest BCUT2D eigenvalue weighted by Crippen LogP contribution is -2.41. The van der Waals surface area contributed by atoms with Gasteiger partial charge in [0.15, 0.2) is 0 Å². The fourth-order valence-corrected chi connectivity index (χ4v) is 2.13. The van der Waals surface area contributed by atoms with Gasteiger partial charge in [-0.15, -0.1) is 0 Å². The number of hydrogen-bond acceptors (Lipinski definition) is 4. The van der Waals surface area contributed by atoms with Crippen molar-refractivity contribution >= 4 is 23.6 Å². The van der Waals surface area contributed by atoms with Crippen LogP contribution in [0, 0.1) is 13.8 Å². The van der Waals surface area contributed by atoms with Gasteiger partial charge in [0.25, 0.3) is 5.91 Å². The first-order valence-electron chi connectivity index (χ1n) is 5.92. The molecule has 6 heteroatoms. The average Bonchev–Trinajstić information content (AvgIpc) is 2.33. The normalized spacial score (nSPS) is 11.9. The summed E-state index contributed by atoms with van der Waals surface area (Å²) in [6.45, 7) is 3.58. The molecule has 0 saturated heterocycles. The van der Waals surface area contributed by atoms with Gasteiger partial charge in [0.1, 0.15) is 6.04 Å². The summed E-state index contributed by atoms with van der Waals surface area (Å²) in [5, 5.41) is 11.6. The Hall–Kier alpha value is -1.56. The highest BCUT2D eigenvalue weighted by molar-refractivity contribution is 7.98. The fourth-order valence-electron chi connectivity index (χ4n) is 1.66. The van der Waals surface area contributed by atoms with E-state index in [1.165, 1.54) is 0 Å². The van der Waals surface area contributed by atoms with E-state index in [0.29, 0.717) is 23.4 Å². The third kappa shape index (κ3) is 4.55. The van der Waals surface area contributed by atoms with Crippen LogP contribution in [0.5, 0.6) is 0 Å². The zero-order valence-electron chi connectivity index (χ0n) is 11.3. The molecular weight excluding hydrogens is 264 g/mol. The topological polar surface area (TPSA) is 79.3 Å². The number of thioether (sulfide) groups is 1. The fraction of sp³-hybridized carbons (Fsp3) is 0.462. The summed E-state index contributed by atoms with van der Waals surface area (Å²) in [5.41, 5.74) is 1.85. The Balaban J connectivity index is 2.78. The molecule has 5 nitrogen and oxygen atoms in total. The van der Waals surface area contributed by atoms with Gasteiger partial charge in [-0.1, -0.05) is 0 Å². The predicted molar refractivity (Wildman–Crippen MR) is 75.6 cm³/mol. The van der Waals surface area contributed by atoms with E-state index in [1.54, 1.807) is 30.8 Å². The number of nitrogens with zero attached hydrogens (tertiary/aromatic N) is 1. The molecule has 2 N–H and O–H groups in total. The van der Waals surface area contributed by atoms with Crippen LogP contribution < -0.4 is 5.32 Å². The van der Waals surface area contributed by atoms with E-state index in [9.17, 15) is 9.59 Å². The van der Waals surface area contributed by atoms with Crippen molar-refractivity contribution in [1.82, 2.24) is 10.3 Å². The zero-order valence-corrected chi connectivity index (χ0v) is 12.1.